The molecule has 0 aromatic heterocycles. The molecule has 1 aromatic rings. The number of hydrogen-bond acceptors (Lipinski definition) is 2. The van der Waals surface area contributed by atoms with E-state index in [0.29, 0.717) is 6.61 Å². The van der Waals surface area contributed by atoms with E-state index in [4.69, 9.17) is 27.9 Å². The largest absolute Gasteiger partial charge is 0.461 e. The number of hydrogen-bond donors (Lipinski definition) is 0. The lowest BCUT2D eigenvalue weighted by molar-refractivity contribution is -0.147. The molecule has 1 aliphatic rings. The van der Waals surface area contributed by atoms with Crippen molar-refractivity contribution in [1.82, 2.24) is 0 Å². The summed E-state index contributed by atoms with van der Waals surface area (Å²) in [5.74, 6) is -0.307. The van der Waals surface area contributed by atoms with Crippen molar-refractivity contribution in [2.24, 2.45) is 17.3 Å². The van der Waals surface area contributed by atoms with Crippen molar-refractivity contribution in [3.63, 3.8) is 0 Å². The second kappa shape index (κ2) is 6.24. The average Bonchev–Trinajstić information content (AvgIpc) is 2.87. The Hall–Kier alpha value is -0.260. The van der Waals surface area contributed by atoms with Crippen LogP contribution in [0.4, 0.5) is 0 Å². The molecule has 0 amide bonds. The molecule has 1 aliphatic carbocycles. The third kappa shape index (κ3) is 3.68. The van der Waals surface area contributed by atoms with Gasteiger partial charge in [0.15, 0.2) is 0 Å². The van der Waals surface area contributed by atoms with E-state index in [1.807, 2.05) is 38.1 Å². The first-order chi connectivity index (χ1) is 9.32. The summed E-state index contributed by atoms with van der Waals surface area (Å²) in [4.78, 5) is 12.1. The standard InChI is InChI=1S/C15H15Cl2IO2/c1-15(2)11(7-12(16)17)13(15)14(19)20-8-9-4-3-5-10(18)6-9/h3-7,11,13H,8H2,1-2H3/t11-,13+/m1/s1. The maximum Gasteiger partial charge on any atom is 0.310 e. The summed E-state index contributed by atoms with van der Waals surface area (Å²) in [6, 6.07) is 7.89. The Morgan fingerprint density at radius 2 is 2.15 bits per heavy atom. The lowest BCUT2D eigenvalue weighted by Crippen LogP contribution is -2.10. The Balaban J connectivity index is 1.95. The van der Waals surface area contributed by atoms with Gasteiger partial charge in [-0.3, -0.25) is 4.79 Å². The Kier molecular flexibility index (Phi) is 5.03. The van der Waals surface area contributed by atoms with E-state index >= 15 is 0 Å². The van der Waals surface area contributed by atoms with Gasteiger partial charge < -0.3 is 4.74 Å². The molecule has 0 unspecified atom stereocenters. The normalized spacial score (nSPS) is 23.1. The fraction of sp³-hybridized carbons (Fsp3) is 0.400. The summed E-state index contributed by atoms with van der Waals surface area (Å²) in [7, 11) is 0. The molecule has 1 fully saturated rings. The Bertz CT molecular complexity index is 551. The van der Waals surface area contributed by atoms with Crippen LogP contribution in [0.2, 0.25) is 0 Å². The van der Waals surface area contributed by atoms with Crippen molar-refractivity contribution in [1.29, 1.82) is 0 Å². The summed E-state index contributed by atoms with van der Waals surface area (Å²) in [6.07, 6.45) is 1.72. The molecule has 5 heteroatoms. The van der Waals surface area contributed by atoms with Gasteiger partial charge in [-0.05, 0) is 57.7 Å². The summed E-state index contributed by atoms with van der Waals surface area (Å²) in [5, 5.41) is 0. The first-order valence-electron chi connectivity index (χ1n) is 6.26. The number of ether oxygens (including phenoxy) is 1. The summed E-state index contributed by atoms with van der Waals surface area (Å²) >= 11 is 13.6. The molecular weight excluding hydrogens is 410 g/mol. The summed E-state index contributed by atoms with van der Waals surface area (Å²) in [5.41, 5.74) is 0.850. The van der Waals surface area contributed by atoms with E-state index in [-0.39, 0.29) is 27.7 Å². The van der Waals surface area contributed by atoms with Gasteiger partial charge in [-0.15, -0.1) is 0 Å². The first-order valence-corrected chi connectivity index (χ1v) is 8.09. The molecule has 108 valence electrons. The number of carbonyl (C=O) groups is 1. The highest BCUT2D eigenvalue weighted by Crippen LogP contribution is 2.60. The lowest BCUT2D eigenvalue weighted by atomic mass is 10.1. The highest BCUT2D eigenvalue weighted by molar-refractivity contribution is 14.1. The zero-order valence-corrected chi connectivity index (χ0v) is 14.9. The SMILES string of the molecule is CC1(C)[C@H](C=C(Cl)Cl)[C@H]1C(=O)OCc1cccc(I)c1. The van der Waals surface area contributed by atoms with Crippen LogP contribution < -0.4 is 0 Å². The Morgan fingerprint density at radius 3 is 2.75 bits per heavy atom. The Morgan fingerprint density at radius 1 is 1.45 bits per heavy atom. The maximum atomic E-state index is 12.1. The molecular formula is C15H15Cl2IO2. The van der Waals surface area contributed by atoms with Gasteiger partial charge in [0.1, 0.15) is 11.1 Å². The van der Waals surface area contributed by atoms with Crippen molar-refractivity contribution in [3.05, 3.63) is 44.0 Å². The third-order valence-electron chi connectivity index (χ3n) is 3.74. The third-order valence-corrected chi connectivity index (χ3v) is 4.66. The molecule has 0 spiro atoms. The van der Waals surface area contributed by atoms with E-state index in [1.54, 1.807) is 6.08 Å². The maximum absolute atomic E-state index is 12.1. The van der Waals surface area contributed by atoms with Gasteiger partial charge in [0.25, 0.3) is 0 Å². The van der Waals surface area contributed by atoms with Gasteiger partial charge in [0.2, 0.25) is 0 Å². The predicted octanol–water partition coefficient (Wildman–Crippen LogP) is 4.93. The van der Waals surface area contributed by atoms with Crippen molar-refractivity contribution in [3.8, 4) is 0 Å². The molecule has 0 aliphatic heterocycles. The zero-order valence-electron chi connectivity index (χ0n) is 11.2. The van der Waals surface area contributed by atoms with E-state index in [2.05, 4.69) is 22.6 Å². The van der Waals surface area contributed by atoms with Gasteiger partial charge in [-0.2, -0.15) is 0 Å². The topological polar surface area (TPSA) is 26.3 Å². The number of benzene rings is 1. The van der Waals surface area contributed by atoms with Crippen LogP contribution in [0.25, 0.3) is 0 Å². The molecule has 0 heterocycles. The monoisotopic (exact) mass is 424 g/mol. The van der Waals surface area contributed by atoms with E-state index in [1.165, 1.54) is 0 Å². The van der Waals surface area contributed by atoms with Crippen LogP contribution in [0.1, 0.15) is 19.4 Å². The van der Waals surface area contributed by atoms with Crippen LogP contribution in [0, 0.1) is 20.8 Å². The second-order valence-electron chi connectivity index (χ2n) is 5.52. The quantitative estimate of drug-likeness (QED) is 0.506. The first kappa shape index (κ1) is 16.1. The minimum atomic E-state index is -0.190. The minimum absolute atomic E-state index is 0.0518. The van der Waals surface area contributed by atoms with Gasteiger partial charge in [-0.25, -0.2) is 0 Å². The molecule has 2 nitrogen and oxygen atoms in total. The highest BCUT2D eigenvalue weighted by Gasteiger charge is 2.61. The molecule has 1 saturated carbocycles. The van der Waals surface area contributed by atoms with Crippen LogP contribution in [0.5, 0.6) is 0 Å². The van der Waals surface area contributed by atoms with Crippen molar-refractivity contribution in [2.45, 2.75) is 20.5 Å². The molecule has 2 atom stereocenters. The zero-order chi connectivity index (χ0) is 14.9. The van der Waals surface area contributed by atoms with Crippen molar-refractivity contribution >= 4 is 51.8 Å². The second-order valence-corrected chi connectivity index (χ2v) is 7.77. The van der Waals surface area contributed by atoms with Gasteiger partial charge >= 0.3 is 5.97 Å². The molecule has 0 N–H and O–H groups in total. The number of halogens is 3. The fourth-order valence-corrected chi connectivity index (χ4v) is 3.32. The van der Waals surface area contributed by atoms with Crippen molar-refractivity contribution < 1.29 is 9.53 Å². The van der Waals surface area contributed by atoms with Gasteiger partial charge in [-0.1, -0.05) is 49.2 Å². The Labute approximate surface area is 142 Å². The fourth-order valence-electron chi connectivity index (χ4n) is 2.45. The molecule has 0 radical (unpaired) electrons. The number of allylic oxidation sites excluding steroid dienone is 1. The molecule has 20 heavy (non-hydrogen) atoms. The van der Waals surface area contributed by atoms with E-state index in [9.17, 15) is 4.79 Å². The summed E-state index contributed by atoms with van der Waals surface area (Å²) < 4.78 is 6.72. The van der Waals surface area contributed by atoms with Gasteiger partial charge in [0.05, 0.1) is 5.92 Å². The molecule has 0 saturated heterocycles. The number of rotatable bonds is 4. The molecule has 1 aromatic carbocycles. The van der Waals surface area contributed by atoms with Gasteiger partial charge in [0, 0.05) is 3.57 Å². The van der Waals surface area contributed by atoms with Crippen LogP contribution in [-0.2, 0) is 16.1 Å². The van der Waals surface area contributed by atoms with Crippen LogP contribution >= 0.6 is 45.8 Å². The van der Waals surface area contributed by atoms with Crippen LogP contribution in [0.15, 0.2) is 34.8 Å². The van der Waals surface area contributed by atoms with E-state index in [0.717, 1.165) is 9.13 Å². The van der Waals surface area contributed by atoms with Crippen LogP contribution in [0.3, 0.4) is 0 Å². The lowest BCUT2D eigenvalue weighted by Gasteiger charge is -2.06. The predicted molar refractivity (Wildman–Crippen MR) is 89.5 cm³/mol. The average molecular weight is 425 g/mol. The highest BCUT2D eigenvalue weighted by atomic mass is 127. The number of esters is 1. The van der Waals surface area contributed by atoms with E-state index < -0.39 is 0 Å². The van der Waals surface area contributed by atoms with Crippen LogP contribution in [-0.4, -0.2) is 5.97 Å². The van der Waals surface area contributed by atoms with Crippen molar-refractivity contribution in [2.75, 3.05) is 0 Å². The summed E-state index contributed by atoms with van der Waals surface area (Å²) in [6.45, 7) is 4.33. The molecule has 0 bridgehead atoms. The smallest absolute Gasteiger partial charge is 0.310 e. The number of carbonyl (C=O) groups excluding carboxylic acids is 1. The molecule has 2 rings (SSSR count). The minimum Gasteiger partial charge on any atom is -0.461 e.